The molecular weight excluding hydrogens is 1080 g/mol. The van der Waals surface area contributed by atoms with Gasteiger partial charge in [-0.25, -0.2) is 43.7 Å². The number of ether oxygens (including phenoxy) is 4. The molecule has 3 aromatic heterocycles. The summed E-state index contributed by atoms with van der Waals surface area (Å²) in [6.07, 6.45) is 28.9. The number of nitrogens with one attached hydrogen (secondary N) is 4. The Morgan fingerprint density at radius 3 is 1.52 bits per heavy atom. The molecule has 5 aliphatic rings. The number of hydrogen-bond acceptors (Lipinski definition) is 13. The predicted molar refractivity (Wildman–Crippen MR) is 324 cm³/mol. The van der Waals surface area contributed by atoms with Gasteiger partial charge in [-0.05, 0) is 121 Å². The molecular formula is C62H68N15O8+3. The zero-order valence-corrected chi connectivity index (χ0v) is 47.7. The zero-order chi connectivity index (χ0) is 60.1. The van der Waals surface area contributed by atoms with Gasteiger partial charge in [-0.1, -0.05) is 0 Å². The van der Waals surface area contributed by atoms with E-state index in [9.17, 15) is 19.8 Å². The van der Waals surface area contributed by atoms with Crippen LogP contribution in [0.25, 0.3) is 16.7 Å². The van der Waals surface area contributed by atoms with Crippen molar-refractivity contribution in [2.75, 3.05) is 47.6 Å². The topological polar surface area (TPSA) is 326 Å². The van der Waals surface area contributed by atoms with E-state index in [1.807, 2.05) is 133 Å². The van der Waals surface area contributed by atoms with Gasteiger partial charge in [0.2, 0.25) is 11.8 Å². The summed E-state index contributed by atoms with van der Waals surface area (Å²) in [5, 5.41) is 41.0. The first kappa shape index (κ1) is 58.9. The number of esters is 2. The largest absolute Gasteiger partial charge is 0.494 e. The minimum absolute atomic E-state index is 0.0249. The average molecular weight is 1150 g/mol. The Morgan fingerprint density at radius 2 is 1.08 bits per heavy atom. The molecule has 0 saturated heterocycles. The number of aliphatic hydroxyl groups is 2. The number of allylic oxidation sites excluding steroid dienone is 11. The molecule has 4 aromatic rings. The molecule has 23 nitrogen and oxygen atoms in total. The number of fused-ring (bicyclic) bond motifs is 5. The molecule has 0 amide bonds. The summed E-state index contributed by atoms with van der Waals surface area (Å²) in [7, 11) is 8.34. The fraction of sp³-hybridized carbons (Fsp3) is 0.242. The van der Waals surface area contributed by atoms with E-state index in [4.69, 9.17) is 56.2 Å². The zero-order valence-electron chi connectivity index (χ0n) is 47.7. The highest BCUT2D eigenvalue weighted by molar-refractivity contribution is 6.36. The first-order valence-electron chi connectivity index (χ1n) is 27.3. The summed E-state index contributed by atoms with van der Waals surface area (Å²) in [4.78, 5) is 56.2. The van der Waals surface area contributed by atoms with Crippen molar-refractivity contribution in [3.05, 3.63) is 197 Å². The minimum Gasteiger partial charge on any atom is -0.494 e. The number of aryl methyl sites for hydroxylation is 2. The number of aliphatic imine (C=N–C) groups is 5. The first-order valence-corrected chi connectivity index (χ1v) is 27.3. The summed E-state index contributed by atoms with van der Waals surface area (Å²) >= 11 is 0. The van der Waals surface area contributed by atoms with Crippen LogP contribution in [0.3, 0.4) is 0 Å². The van der Waals surface area contributed by atoms with Gasteiger partial charge in [-0.2, -0.15) is 0 Å². The second-order valence-electron chi connectivity index (χ2n) is 20.1. The summed E-state index contributed by atoms with van der Waals surface area (Å²) in [5.74, 6) is -2.23. The molecule has 2 atom stereocenters. The van der Waals surface area contributed by atoms with E-state index >= 15 is 0 Å². The molecule has 1 aromatic carbocycles. The lowest BCUT2D eigenvalue weighted by molar-refractivity contribution is -0.671. The van der Waals surface area contributed by atoms with Gasteiger partial charge in [0.25, 0.3) is 0 Å². The van der Waals surface area contributed by atoms with Gasteiger partial charge >= 0.3 is 17.9 Å². The maximum Gasteiger partial charge on any atom is 0.338 e. The van der Waals surface area contributed by atoms with Crippen LogP contribution in [0, 0.1) is 5.41 Å². The van der Waals surface area contributed by atoms with Crippen LogP contribution in [0.5, 0.6) is 11.5 Å². The molecule has 12 N–H and O–H groups in total. The van der Waals surface area contributed by atoms with Crippen molar-refractivity contribution in [2.45, 2.75) is 37.8 Å². The van der Waals surface area contributed by atoms with Gasteiger partial charge in [0.1, 0.15) is 25.6 Å². The fourth-order valence-electron chi connectivity index (χ4n) is 9.75. The molecule has 0 saturated carbocycles. The lowest BCUT2D eigenvalue weighted by Crippen LogP contribution is -2.54. The van der Waals surface area contributed by atoms with E-state index in [0.717, 1.165) is 50.5 Å². The third-order valence-electron chi connectivity index (χ3n) is 13.9. The Balaban J connectivity index is 1.21. The first-order chi connectivity index (χ1) is 41.0. The minimum atomic E-state index is -1.10. The highest BCUT2D eigenvalue weighted by atomic mass is 16.5. The van der Waals surface area contributed by atoms with E-state index < -0.39 is 49.0 Å². The van der Waals surface area contributed by atoms with Crippen LogP contribution in [0.15, 0.2) is 194 Å². The van der Waals surface area contributed by atoms with Crippen molar-refractivity contribution in [3.63, 3.8) is 0 Å². The Hall–Kier alpha value is -10.7. The fourth-order valence-corrected chi connectivity index (χ4v) is 9.75. The van der Waals surface area contributed by atoms with Crippen LogP contribution < -0.4 is 46.1 Å². The van der Waals surface area contributed by atoms with E-state index in [1.54, 1.807) is 18.2 Å². The van der Waals surface area contributed by atoms with Crippen molar-refractivity contribution >= 4 is 69.5 Å². The highest BCUT2D eigenvalue weighted by Gasteiger charge is 2.29. The third-order valence-corrected chi connectivity index (χ3v) is 13.9. The molecule has 436 valence electrons. The van der Waals surface area contributed by atoms with Crippen molar-refractivity contribution in [1.29, 1.82) is 5.41 Å². The number of aliphatic hydroxyl groups excluding tert-OH is 2. The Kier molecular flexibility index (Phi) is 18.7. The number of aromatic nitrogens is 3. The monoisotopic (exact) mass is 1150 g/mol. The quantitative estimate of drug-likeness (QED) is 0.0190. The van der Waals surface area contributed by atoms with Gasteiger partial charge in [0.05, 0.1) is 55.0 Å². The maximum atomic E-state index is 12.9. The van der Waals surface area contributed by atoms with Crippen molar-refractivity contribution in [1.82, 2.24) is 20.5 Å². The number of rotatable bonds is 21. The third kappa shape index (κ3) is 14.7. The normalized spacial score (nSPS) is 16.2. The maximum absolute atomic E-state index is 12.9. The van der Waals surface area contributed by atoms with Crippen LogP contribution >= 0.6 is 0 Å². The molecule has 85 heavy (non-hydrogen) atoms. The molecule has 9 rings (SSSR count). The SMILES string of the molecule is COC(=O)[C@H](CCCNC(=N)N)N=C(O)COc1cc(OCC(O)=N[C@@H](CCCNC(N)=[NH2+])C(=O)OC)cc(C2=C3C=CC(=N3)C(=C3C=CN(C)C=C3)C3=NC(=C(c4cc[n+](C)cc4)c4ccc([nH]4)C(c4cc[n+](C)cc4)=C4C=CC2=N4)C=C3)c1. The molecule has 0 radical (unpaired) electrons. The number of benzene rings is 1. The summed E-state index contributed by atoms with van der Waals surface area (Å²) < 4.78 is 26.5. The van der Waals surface area contributed by atoms with Gasteiger partial charge in [-0.15, -0.1) is 0 Å². The van der Waals surface area contributed by atoms with E-state index in [2.05, 4.69) is 49.9 Å². The average Bonchev–Trinajstić information content (AvgIpc) is 2.28. The molecule has 0 aliphatic carbocycles. The smallest absolute Gasteiger partial charge is 0.338 e. The summed E-state index contributed by atoms with van der Waals surface area (Å²) in [5.41, 5.74) is 22.6. The molecule has 5 aliphatic heterocycles. The Bertz CT molecular complexity index is 3660. The Labute approximate surface area is 491 Å². The van der Waals surface area contributed by atoms with Crippen molar-refractivity contribution < 1.29 is 53.3 Å². The standard InChI is InChI=1S/C62H65N15O8/c1-75-26-18-37(19-27-75)55-43-10-12-45(69-43)56(38-20-28-76(2)29-21-38)47-14-16-49(71-47)58(50-17-15-48(72-50)57(46-13-11-44(55)70-46)39-22-30-77(3)31-23-39)40-32-41(84-35-53(78)73-51(59(80)82-4)8-6-24-67-61(63)64)34-42(33-40)85-36-54(79)74-52(60(81)83-5)9-7-25-68-62(65)66/h10-23,26-34,51-52H,6-9,24-25,35-36H2,1-5H3,(H9-2,63,64,65,66,67,68,69,70,71,72,73,74,78,79)/p+3/t51-,52-/m0/s1. The molecule has 0 fully saturated rings. The van der Waals surface area contributed by atoms with E-state index in [-0.39, 0.29) is 42.8 Å². The van der Waals surface area contributed by atoms with Crippen LogP contribution in [-0.4, -0.2) is 133 Å². The number of nitrogens with zero attached hydrogens (tertiary/aromatic N) is 8. The number of guanidine groups is 2. The van der Waals surface area contributed by atoms with Gasteiger partial charge in [0.15, 0.2) is 56.0 Å². The predicted octanol–water partition coefficient (Wildman–Crippen LogP) is 3.37. The number of H-pyrrole nitrogens is 1. The van der Waals surface area contributed by atoms with Crippen LogP contribution in [0.4, 0.5) is 0 Å². The van der Waals surface area contributed by atoms with Crippen LogP contribution in [-0.2, 0) is 33.2 Å². The number of carbonyl (C=O) groups excluding carboxylic acids is 2. The number of nitrogens with two attached hydrogens (primary N) is 3. The lowest BCUT2D eigenvalue weighted by Gasteiger charge is -2.16. The molecule has 8 heterocycles. The second-order valence-corrected chi connectivity index (χ2v) is 20.1. The summed E-state index contributed by atoms with van der Waals surface area (Å²) in [6, 6.07) is 15.2. The van der Waals surface area contributed by atoms with E-state index in [0.29, 0.717) is 59.1 Å². The molecule has 8 bridgehead atoms. The van der Waals surface area contributed by atoms with Gasteiger partial charge in [-0.3, -0.25) is 21.9 Å². The van der Waals surface area contributed by atoms with Crippen molar-refractivity contribution in [3.8, 4) is 11.5 Å². The molecule has 0 spiro atoms. The van der Waals surface area contributed by atoms with Gasteiger partial charge < -0.3 is 50.1 Å². The van der Waals surface area contributed by atoms with Crippen LogP contribution in [0.2, 0.25) is 0 Å². The number of carbonyl (C=O) groups is 2. The van der Waals surface area contributed by atoms with Crippen LogP contribution in [0.1, 0.15) is 53.8 Å². The van der Waals surface area contributed by atoms with Crippen molar-refractivity contribution in [2.24, 2.45) is 50.5 Å². The number of methoxy groups -OCH3 is 2. The number of hydrogen-bond donors (Lipinski definition) is 9. The molecule has 23 heteroatoms. The second kappa shape index (κ2) is 26.9. The van der Waals surface area contributed by atoms with E-state index in [1.165, 1.54) is 14.2 Å². The highest BCUT2D eigenvalue weighted by Crippen LogP contribution is 2.39. The van der Waals surface area contributed by atoms with Gasteiger partial charge in [0, 0.05) is 90.0 Å². The number of aromatic amines is 1. The summed E-state index contributed by atoms with van der Waals surface area (Å²) in [6.45, 7) is -0.361. The number of pyridine rings is 2. The lowest BCUT2D eigenvalue weighted by atomic mass is 9.97. The Morgan fingerprint density at radius 1 is 0.647 bits per heavy atom. The molecule has 0 unspecified atom stereocenters.